The molecule has 0 radical (unpaired) electrons. The molecule has 0 spiro atoms. The third kappa shape index (κ3) is 3.23. The van der Waals surface area contributed by atoms with Crippen LogP contribution in [0, 0.1) is 6.92 Å². The van der Waals surface area contributed by atoms with Crippen molar-refractivity contribution in [2.24, 2.45) is 0 Å². The van der Waals surface area contributed by atoms with Crippen LogP contribution in [-0.2, 0) is 11.3 Å². The second-order valence-electron chi connectivity index (χ2n) is 4.23. The predicted octanol–water partition coefficient (Wildman–Crippen LogP) is 2.21. The minimum atomic E-state index is -0.481. The lowest BCUT2D eigenvalue weighted by Crippen LogP contribution is -2.17. The van der Waals surface area contributed by atoms with Crippen molar-refractivity contribution in [2.75, 3.05) is 7.11 Å². The number of nitrogens with zero attached hydrogens (tertiary/aromatic N) is 1. The van der Waals surface area contributed by atoms with E-state index in [0.29, 0.717) is 12.3 Å². The van der Waals surface area contributed by atoms with Gasteiger partial charge in [0.25, 0.3) is 0 Å². The Balaban J connectivity index is 1.94. The number of nitrogens with one attached hydrogen (secondary N) is 1. The van der Waals surface area contributed by atoms with Crippen molar-refractivity contribution < 1.29 is 18.5 Å². The van der Waals surface area contributed by atoms with Crippen molar-refractivity contribution in [2.45, 2.75) is 26.4 Å². The Morgan fingerprint density at radius 3 is 2.95 bits per heavy atom. The van der Waals surface area contributed by atoms with E-state index in [4.69, 9.17) is 8.94 Å². The second kappa shape index (κ2) is 5.71. The summed E-state index contributed by atoms with van der Waals surface area (Å²) in [5.74, 6) is 1.16. The van der Waals surface area contributed by atoms with Gasteiger partial charge in [-0.15, -0.1) is 0 Å². The van der Waals surface area contributed by atoms with Crippen LogP contribution in [-0.4, -0.2) is 18.2 Å². The smallest absolute Gasteiger partial charge is 0.373 e. The molecule has 0 amide bonds. The fraction of sp³-hybridized carbons (Fsp3) is 0.385. The second-order valence-corrected chi connectivity index (χ2v) is 4.23. The van der Waals surface area contributed by atoms with E-state index in [1.807, 2.05) is 19.9 Å². The van der Waals surface area contributed by atoms with Gasteiger partial charge in [0.05, 0.1) is 18.8 Å². The number of ether oxygens (including phenoxy) is 1. The third-order valence-electron chi connectivity index (χ3n) is 2.71. The van der Waals surface area contributed by atoms with E-state index in [-0.39, 0.29) is 11.8 Å². The quantitative estimate of drug-likeness (QED) is 0.834. The molecule has 6 nitrogen and oxygen atoms in total. The van der Waals surface area contributed by atoms with Crippen LogP contribution >= 0.6 is 0 Å². The first-order valence-electron chi connectivity index (χ1n) is 5.93. The number of carbonyl (C=O) groups excluding carboxylic acids is 1. The van der Waals surface area contributed by atoms with E-state index >= 15 is 0 Å². The molecule has 6 heteroatoms. The first-order chi connectivity index (χ1) is 9.10. The molecule has 0 saturated carbocycles. The molecule has 2 aromatic heterocycles. The summed E-state index contributed by atoms with van der Waals surface area (Å²) in [6.07, 6.45) is 0. The minimum absolute atomic E-state index is 0.0459. The maximum Gasteiger partial charge on any atom is 0.373 e. The van der Waals surface area contributed by atoms with E-state index in [0.717, 1.165) is 11.5 Å². The minimum Gasteiger partial charge on any atom is -0.463 e. The SMILES string of the molecule is COC(=O)c1ccc(C(C)NCc2cc(C)on2)o1. The van der Waals surface area contributed by atoms with Crippen LogP contribution in [0.2, 0.25) is 0 Å². The summed E-state index contributed by atoms with van der Waals surface area (Å²) < 4.78 is 15.0. The highest BCUT2D eigenvalue weighted by Crippen LogP contribution is 2.17. The molecule has 0 fully saturated rings. The topological polar surface area (TPSA) is 77.5 Å². The number of hydrogen-bond acceptors (Lipinski definition) is 6. The summed E-state index contributed by atoms with van der Waals surface area (Å²) in [6.45, 7) is 4.34. The summed E-state index contributed by atoms with van der Waals surface area (Å²) in [4.78, 5) is 11.3. The highest BCUT2D eigenvalue weighted by atomic mass is 16.5. The Morgan fingerprint density at radius 1 is 1.53 bits per heavy atom. The number of rotatable bonds is 5. The molecule has 1 atom stereocenters. The van der Waals surface area contributed by atoms with Crippen molar-refractivity contribution in [1.82, 2.24) is 10.5 Å². The summed E-state index contributed by atoms with van der Waals surface area (Å²) in [5.41, 5.74) is 0.823. The van der Waals surface area contributed by atoms with Gasteiger partial charge in [0.1, 0.15) is 11.5 Å². The molecule has 1 unspecified atom stereocenters. The van der Waals surface area contributed by atoms with E-state index in [1.54, 1.807) is 12.1 Å². The highest BCUT2D eigenvalue weighted by Gasteiger charge is 2.15. The van der Waals surface area contributed by atoms with Crippen LogP contribution < -0.4 is 5.32 Å². The van der Waals surface area contributed by atoms with Gasteiger partial charge < -0.3 is 19.0 Å². The van der Waals surface area contributed by atoms with Gasteiger partial charge in [-0.1, -0.05) is 5.16 Å². The Kier molecular flexibility index (Phi) is 4.01. The Bertz CT molecular complexity index is 558. The molecular weight excluding hydrogens is 248 g/mol. The predicted molar refractivity (Wildman–Crippen MR) is 66.5 cm³/mol. The first kappa shape index (κ1) is 13.4. The average Bonchev–Trinajstić information content (AvgIpc) is 3.04. The molecule has 2 rings (SSSR count). The molecule has 1 N–H and O–H groups in total. The van der Waals surface area contributed by atoms with Crippen LogP contribution in [0.15, 0.2) is 27.1 Å². The Morgan fingerprint density at radius 2 is 2.32 bits per heavy atom. The van der Waals surface area contributed by atoms with Crippen LogP contribution in [0.3, 0.4) is 0 Å². The number of aryl methyl sites for hydroxylation is 1. The molecule has 2 aromatic rings. The normalized spacial score (nSPS) is 12.4. The average molecular weight is 264 g/mol. The fourth-order valence-electron chi connectivity index (χ4n) is 1.66. The standard InChI is InChI=1S/C13H16N2O4/c1-8-6-10(15-19-8)7-14-9(2)11-4-5-12(18-11)13(16)17-3/h4-6,9,14H,7H2,1-3H3. The number of hydrogen-bond donors (Lipinski definition) is 1. The van der Waals surface area contributed by atoms with Crippen LogP contribution in [0.4, 0.5) is 0 Å². The fourth-order valence-corrected chi connectivity index (χ4v) is 1.66. The van der Waals surface area contributed by atoms with Crippen molar-refractivity contribution in [3.63, 3.8) is 0 Å². The van der Waals surface area contributed by atoms with E-state index in [2.05, 4.69) is 15.2 Å². The number of aromatic nitrogens is 1. The van der Waals surface area contributed by atoms with Gasteiger partial charge in [0, 0.05) is 12.6 Å². The van der Waals surface area contributed by atoms with Crippen LogP contribution in [0.1, 0.15) is 40.7 Å². The zero-order valence-corrected chi connectivity index (χ0v) is 11.1. The maximum absolute atomic E-state index is 11.3. The molecule has 0 aliphatic carbocycles. The maximum atomic E-state index is 11.3. The van der Waals surface area contributed by atoms with Crippen molar-refractivity contribution in [3.8, 4) is 0 Å². The van der Waals surface area contributed by atoms with Gasteiger partial charge in [-0.25, -0.2) is 4.79 Å². The molecule has 0 aromatic carbocycles. The van der Waals surface area contributed by atoms with Gasteiger partial charge in [0.2, 0.25) is 5.76 Å². The molecule has 0 aliphatic rings. The summed E-state index contributed by atoms with van der Waals surface area (Å²) in [5, 5.41) is 7.12. The summed E-state index contributed by atoms with van der Waals surface area (Å²) in [7, 11) is 1.32. The van der Waals surface area contributed by atoms with Crippen molar-refractivity contribution >= 4 is 5.97 Å². The highest BCUT2D eigenvalue weighted by molar-refractivity contribution is 5.86. The van der Waals surface area contributed by atoms with Crippen LogP contribution in [0.5, 0.6) is 0 Å². The summed E-state index contributed by atoms with van der Waals surface area (Å²) >= 11 is 0. The van der Waals surface area contributed by atoms with Gasteiger partial charge in [-0.3, -0.25) is 0 Å². The van der Waals surface area contributed by atoms with E-state index < -0.39 is 5.97 Å². The van der Waals surface area contributed by atoms with Gasteiger partial charge in [-0.05, 0) is 26.0 Å². The Labute approximate surface area is 110 Å². The lowest BCUT2D eigenvalue weighted by molar-refractivity contribution is 0.0562. The van der Waals surface area contributed by atoms with Gasteiger partial charge >= 0.3 is 5.97 Å². The van der Waals surface area contributed by atoms with E-state index in [9.17, 15) is 4.79 Å². The first-order valence-corrected chi connectivity index (χ1v) is 5.93. The molecular formula is C13H16N2O4. The monoisotopic (exact) mass is 264 g/mol. The third-order valence-corrected chi connectivity index (χ3v) is 2.71. The zero-order chi connectivity index (χ0) is 13.8. The molecule has 19 heavy (non-hydrogen) atoms. The van der Waals surface area contributed by atoms with Gasteiger partial charge in [-0.2, -0.15) is 0 Å². The summed E-state index contributed by atoms with van der Waals surface area (Å²) in [6, 6.07) is 5.16. The molecule has 2 heterocycles. The van der Waals surface area contributed by atoms with Crippen molar-refractivity contribution in [3.05, 3.63) is 41.2 Å². The van der Waals surface area contributed by atoms with E-state index in [1.165, 1.54) is 7.11 Å². The lowest BCUT2D eigenvalue weighted by Gasteiger charge is -2.09. The molecule has 0 saturated heterocycles. The van der Waals surface area contributed by atoms with Crippen LogP contribution in [0.25, 0.3) is 0 Å². The lowest BCUT2D eigenvalue weighted by atomic mass is 10.2. The van der Waals surface area contributed by atoms with Gasteiger partial charge in [0.15, 0.2) is 0 Å². The number of esters is 1. The molecule has 0 bridgehead atoms. The Hall–Kier alpha value is -2.08. The number of carbonyl (C=O) groups is 1. The van der Waals surface area contributed by atoms with Crippen molar-refractivity contribution in [1.29, 1.82) is 0 Å². The molecule has 0 aliphatic heterocycles. The largest absolute Gasteiger partial charge is 0.463 e. The zero-order valence-electron chi connectivity index (χ0n) is 11.1. The number of furan rings is 1. The molecule has 102 valence electrons. The number of methoxy groups -OCH3 is 1.